The van der Waals surface area contributed by atoms with Crippen molar-refractivity contribution in [2.75, 3.05) is 0 Å². The van der Waals surface area contributed by atoms with Gasteiger partial charge in [0.15, 0.2) is 0 Å². The molecule has 0 spiro atoms. The van der Waals surface area contributed by atoms with E-state index in [2.05, 4.69) is 84.9 Å². The van der Waals surface area contributed by atoms with Crippen LogP contribution >= 0.6 is 0 Å². The number of benzene rings is 3. The fourth-order valence-corrected chi connectivity index (χ4v) is 2.33. The van der Waals surface area contributed by atoms with E-state index in [4.69, 9.17) is 0 Å². The highest BCUT2D eigenvalue weighted by molar-refractivity contribution is 5.90. The molecule has 0 amide bonds. The van der Waals surface area contributed by atoms with Gasteiger partial charge < -0.3 is 0 Å². The second-order valence-corrected chi connectivity index (χ2v) is 4.66. The Labute approximate surface area is 114 Å². The van der Waals surface area contributed by atoms with Crippen molar-refractivity contribution in [3.8, 4) is 0 Å². The third-order valence-corrected chi connectivity index (χ3v) is 3.32. The van der Waals surface area contributed by atoms with Crippen LogP contribution in [0.4, 0.5) is 0 Å². The molecule has 0 bridgehead atoms. The number of fused-ring (bicyclic) bond motifs is 1. The molecule has 0 saturated carbocycles. The number of hydrogen-bond donors (Lipinski definition) is 0. The zero-order chi connectivity index (χ0) is 12.9. The Morgan fingerprint density at radius 2 is 1.42 bits per heavy atom. The zero-order valence-corrected chi connectivity index (χ0v) is 10.8. The van der Waals surface area contributed by atoms with E-state index in [-0.39, 0.29) is 0 Å². The predicted octanol–water partition coefficient (Wildman–Crippen LogP) is 5.10. The van der Waals surface area contributed by atoms with Crippen molar-refractivity contribution >= 4 is 16.8 Å². The first kappa shape index (κ1) is 11.7. The van der Waals surface area contributed by atoms with Crippen molar-refractivity contribution in [1.29, 1.82) is 0 Å². The highest BCUT2D eigenvalue weighted by atomic mass is 14.0. The van der Waals surface area contributed by atoms with Crippen LogP contribution in [0.5, 0.6) is 0 Å². The lowest BCUT2D eigenvalue weighted by molar-refractivity contribution is 1.28. The average Bonchev–Trinajstić information content (AvgIpc) is 2.49. The summed E-state index contributed by atoms with van der Waals surface area (Å²) in [7, 11) is 0. The molecule has 0 fully saturated rings. The minimum absolute atomic E-state index is 0.976. The van der Waals surface area contributed by atoms with Crippen LogP contribution in [0.2, 0.25) is 0 Å². The predicted molar refractivity (Wildman–Crippen MR) is 83.1 cm³/mol. The molecule has 0 heterocycles. The fraction of sp³-hybridized carbons (Fsp3) is 0.0526. The summed E-state index contributed by atoms with van der Waals surface area (Å²) in [6, 6.07) is 25.5. The molecule has 0 heteroatoms. The summed E-state index contributed by atoms with van der Waals surface area (Å²) in [5.74, 6) is 0. The number of hydrogen-bond acceptors (Lipinski definition) is 0. The standard InChI is InChI=1S/C19H16/c1-2-8-16(9-3-1)10-6-12-18-14-7-13-17-11-4-5-15-19(17)18/h1-9,11-15H,10H2/b12-6+. The second kappa shape index (κ2) is 5.53. The Hall–Kier alpha value is -2.34. The molecule has 0 N–H and O–H groups in total. The molecule has 3 aromatic carbocycles. The van der Waals surface area contributed by atoms with Crippen LogP contribution in [0, 0.1) is 0 Å². The van der Waals surface area contributed by atoms with Crippen LogP contribution in [0.3, 0.4) is 0 Å². The lowest BCUT2D eigenvalue weighted by atomic mass is 10.0. The number of rotatable bonds is 3. The highest BCUT2D eigenvalue weighted by Crippen LogP contribution is 2.19. The monoisotopic (exact) mass is 244 g/mol. The summed E-state index contributed by atoms with van der Waals surface area (Å²) < 4.78 is 0. The third kappa shape index (κ3) is 2.74. The number of allylic oxidation sites excluding steroid dienone is 1. The van der Waals surface area contributed by atoms with Gasteiger partial charge in [0.2, 0.25) is 0 Å². The molecule has 0 aliphatic rings. The van der Waals surface area contributed by atoms with Crippen molar-refractivity contribution in [2.45, 2.75) is 6.42 Å². The highest BCUT2D eigenvalue weighted by Gasteiger charge is 1.95. The molecule has 0 nitrogen and oxygen atoms in total. The Kier molecular flexibility index (Phi) is 3.42. The molecule has 3 rings (SSSR count). The van der Waals surface area contributed by atoms with E-state index in [9.17, 15) is 0 Å². The van der Waals surface area contributed by atoms with E-state index in [1.807, 2.05) is 0 Å². The van der Waals surface area contributed by atoms with Crippen LogP contribution in [0.15, 0.2) is 78.9 Å². The minimum atomic E-state index is 0.976. The van der Waals surface area contributed by atoms with E-state index < -0.39 is 0 Å². The van der Waals surface area contributed by atoms with Gasteiger partial charge in [-0.25, -0.2) is 0 Å². The van der Waals surface area contributed by atoms with Gasteiger partial charge >= 0.3 is 0 Å². The Morgan fingerprint density at radius 3 is 2.32 bits per heavy atom. The van der Waals surface area contributed by atoms with E-state index in [0.717, 1.165) is 6.42 Å². The Balaban J connectivity index is 1.85. The molecule has 0 radical (unpaired) electrons. The van der Waals surface area contributed by atoms with Gasteiger partial charge in [-0.05, 0) is 28.3 Å². The van der Waals surface area contributed by atoms with E-state index >= 15 is 0 Å². The van der Waals surface area contributed by atoms with Gasteiger partial charge in [0.05, 0.1) is 0 Å². The van der Waals surface area contributed by atoms with Gasteiger partial charge in [0.1, 0.15) is 0 Å². The molecule has 92 valence electrons. The van der Waals surface area contributed by atoms with Gasteiger partial charge in [0.25, 0.3) is 0 Å². The first-order valence-corrected chi connectivity index (χ1v) is 6.62. The van der Waals surface area contributed by atoms with Crippen molar-refractivity contribution in [1.82, 2.24) is 0 Å². The summed E-state index contributed by atoms with van der Waals surface area (Å²) in [4.78, 5) is 0. The van der Waals surface area contributed by atoms with Crippen LogP contribution in [-0.2, 0) is 6.42 Å². The van der Waals surface area contributed by atoms with Crippen molar-refractivity contribution in [3.05, 3.63) is 90.0 Å². The van der Waals surface area contributed by atoms with Crippen LogP contribution in [-0.4, -0.2) is 0 Å². The zero-order valence-electron chi connectivity index (χ0n) is 10.8. The molecular formula is C19H16. The van der Waals surface area contributed by atoms with Crippen molar-refractivity contribution in [3.63, 3.8) is 0 Å². The first-order chi connectivity index (χ1) is 9.43. The first-order valence-electron chi connectivity index (χ1n) is 6.62. The van der Waals surface area contributed by atoms with Crippen molar-refractivity contribution < 1.29 is 0 Å². The summed E-state index contributed by atoms with van der Waals surface area (Å²) >= 11 is 0. The summed E-state index contributed by atoms with van der Waals surface area (Å²) in [6.07, 6.45) is 5.43. The maximum Gasteiger partial charge on any atom is -0.00941 e. The smallest absolute Gasteiger partial charge is 0.00941 e. The van der Waals surface area contributed by atoms with E-state index in [1.54, 1.807) is 0 Å². The molecule has 19 heavy (non-hydrogen) atoms. The Bertz CT molecular complexity index is 688. The van der Waals surface area contributed by atoms with Crippen LogP contribution in [0.1, 0.15) is 11.1 Å². The molecule has 0 unspecified atom stereocenters. The van der Waals surface area contributed by atoms with Gasteiger partial charge in [0, 0.05) is 0 Å². The lowest BCUT2D eigenvalue weighted by Gasteiger charge is -2.01. The molecular weight excluding hydrogens is 228 g/mol. The molecule has 0 aliphatic heterocycles. The van der Waals surface area contributed by atoms with Crippen LogP contribution in [0.25, 0.3) is 16.8 Å². The maximum atomic E-state index is 2.23. The summed E-state index contributed by atoms with van der Waals surface area (Å²) in [6.45, 7) is 0. The SMILES string of the molecule is C(=C\c1cccc2ccccc12)/Cc1ccccc1. The topological polar surface area (TPSA) is 0 Å². The molecule has 3 aromatic rings. The third-order valence-electron chi connectivity index (χ3n) is 3.32. The van der Waals surface area contributed by atoms with E-state index in [0.29, 0.717) is 0 Å². The van der Waals surface area contributed by atoms with E-state index in [1.165, 1.54) is 21.9 Å². The van der Waals surface area contributed by atoms with Gasteiger partial charge in [-0.2, -0.15) is 0 Å². The molecule has 0 atom stereocenters. The van der Waals surface area contributed by atoms with Crippen molar-refractivity contribution in [2.24, 2.45) is 0 Å². The maximum absolute atomic E-state index is 2.23. The summed E-state index contributed by atoms with van der Waals surface area (Å²) in [5, 5.41) is 2.61. The van der Waals surface area contributed by atoms with Crippen LogP contribution < -0.4 is 0 Å². The van der Waals surface area contributed by atoms with Gasteiger partial charge in [-0.3, -0.25) is 0 Å². The lowest BCUT2D eigenvalue weighted by Crippen LogP contribution is -1.80. The van der Waals surface area contributed by atoms with Gasteiger partial charge in [-0.15, -0.1) is 0 Å². The quantitative estimate of drug-likeness (QED) is 0.601. The normalized spacial score (nSPS) is 11.2. The largest absolute Gasteiger partial charge is 0.0795 e. The summed E-state index contributed by atoms with van der Waals surface area (Å²) in [5.41, 5.74) is 2.63. The average molecular weight is 244 g/mol. The molecule has 0 saturated heterocycles. The van der Waals surface area contributed by atoms with Gasteiger partial charge in [-0.1, -0.05) is 84.9 Å². The molecule has 0 aliphatic carbocycles. The molecule has 0 aromatic heterocycles. The second-order valence-electron chi connectivity index (χ2n) is 4.66. The minimum Gasteiger partial charge on any atom is -0.0795 e. The Morgan fingerprint density at radius 1 is 0.684 bits per heavy atom. The fourth-order valence-electron chi connectivity index (χ4n) is 2.33.